The number of carboxylic acids is 1. The Morgan fingerprint density at radius 2 is 2.35 bits per heavy atom. The fourth-order valence-electron chi connectivity index (χ4n) is 2.47. The molecule has 1 aliphatic rings. The third kappa shape index (κ3) is 2.66. The molecule has 0 spiro atoms. The number of hydrogen-bond donors (Lipinski definition) is 1. The number of hydrogen-bond acceptors (Lipinski definition) is 3. The molecule has 0 aliphatic carbocycles. The van der Waals surface area contributed by atoms with Crippen LogP contribution in [0.5, 0.6) is 0 Å². The average Bonchev–Trinajstić information content (AvgIpc) is 2.82. The quantitative estimate of drug-likeness (QED) is 0.834. The van der Waals surface area contributed by atoms with Crippen LogP contribution in [0.15, 0.2) is 12.4 Å². The Bertz CT molecular complexity index is 402. The van der Waals surface area contributed by atoms with E-state index in [2.05, 4.69) is 9.88 Å². The van der Waals surface area contributed by atoms with Crippen molar-refractivity contribution < 1.29 is 9.90 Å². The second kappa shape index (κ2) is 4.87. The third-order valence-corrected chi connectivity index (χ3v) is 3.58. The van der Waals surface area contributed by atoms with E-state index in [0.29, 0.717) is 6.54 Å². The number of nitrogens with zero attached hydrogens (tertiary/aromatic N) is 3. The zero-order chi connectivity index (χ0) is 12.4. The lowest BCUT2D eigenvalue weighted by molar-refractivity contribution is -0.142. The Balaban J connectivity index is 1.86. The summed E-state index contributed by atoms with van der Waals surface area (Å²) in [5.74, 6) is 0.415. The molecule has 1 aromatic heterocycles. The Morgan fingerprint density at radius 3 is 2.88 bits per heavy atom. The van der Waals surface area contributed by atoms with E-state index in [9.17, 15) is 4.79 Å². The van der Waals surface area contributed by atoms with Crippen molar-refractivity contribution in [2.75, 3.05) is 19.6 Å². The standard InChI is InChI=1S/C12H19N3O2/c1-9-7-15(8-10(9)12(16)17)5-3-11-13-4-6-14(11)2/h4,6,9-10H,3,5,7-8H2,1-2H3,(H,16,17)/t9-,10-/m1/s1. The fraction of sp³-hybridized carbons (Fsp3) is 0.667. The monoisotopic (exact) mass is 237 g/mol. The largest absolute Gasteiger partial charge is 0.481 e. The van der Waals surface area contributed by atoms with E-state index < -0.39 is 5.97 Å². The molecule has 0 bridgehead atoms. The smallest absolute Gasteiger partial charge is 0.308 e. The van der Waals surface area contributed by atoms with Gasteiger partial charge in [0.1, 0.15) is 5.82 Å². The van der Waals surface area contributed by atoms with Crippen molar-refractivity contribution in [1.29, 1.82) is 0 Å². The van der Waals surface area contributed by atoms with Crippen LogP contribution >= 0.6 is 0 Å². The first kappa shape index (κ1) is 12.1. The Morgan fingerprint density at radius 1 is 1.59 bits per heavy atom. The van der Waals surface area contributed by atoms with Crippen LogP contribution in [0.25, 0.3) is 0 Å². The molecule has 0 unspecified atom stereocenters. The Kier molecular flexibility index (Phi) is 3.47. The predicted octanol–water partition coefficient (Wildman–Crippen LogP) is 0.615. The van der Waals surface area contributed by atoms with E-state index in [1.165, 1.54) is 0 Å². The summed E-state index contributed by atoms with van der Waals surface area (Å²) in [6, 6.07) is 0. The van der Waals surface area contributed by atoms with Crippen LogP contribution in [0.4, 0.5) is 0 Å². The van der Waals surface area contributed by atoms with Crippen LogP contribution in [-0.2, 0) is 18.3 Å². The summed E-state index contributed by atoms with van der Waals surface area (Å²) in [6.45, 7) is 4.45. The van der Waals surface area contributed by atoms with E-state index in [1.807, 2.05) is 24.7 Å². The number of aliphatic carboxylic acids is 1. The van der Waals surface area contributed by atoms with Crippen molar-refractivity contribution in [3.8, 4) is 0 Å². The molecule has 1 aliphatic heterocycles. The number of likely N-dealkylation sites (tertiary alicyclic amines) is 1. The third-order valence-electron chi connectivity index (χ3n) is 3.58. The number of aryl methyl sites for hydroxylation is 1. The van der Waals surface area contributed by atoms with Gasteiger partial charge in [-0.25, -0.2) is 4.98 Å². The summed E-state index contributed by atoms with van der Waals surface area (Å²) in [6.07, 6.45) is 4.60. The maximum Gasteiger partial charge on any atom is 0.308 e. The average molecular weight is 237 g/mol. The van der Waals surface area contributed by atoms with Crippen LogP contribution in [0, 0.1) is 11.8 Å². The number of carbonyl (C=O) groups is 1. The van der Waals surface area contributed by atoms with Gasteiger partial charge in [0.25, 0.3) is 0 Å². The first-order chi connectivity index (χ1) is 8.08. The van der Waals surface area contributed by atoms with Crippen molar-refractivity contribution >= 4 is 5.97 Å². The van der Waals surface area contributed by atoms with Crippen molar-refractivity contribution in [2.24, 2.45) is 18.9 Å². The van der Waals surface area contributed by atoms with Gasteiger partial charge < -0.3 is 14.6 Å². The molecular weight excluding hydrogens is 218 g/mol. The molecule has 2 rings (SSSR count). The molecule has 1 N–H and O–H groups in total. The van der Waals surface area contributed by atoms with Crippen LogP contribution < -0.4 is 0 Å². The van der Waals surface area contributed by atoms with Gasteiger partial charge in [-0.2, -0.15) is 0 Å². The number of rotatable bonds is 4. The summed E-state index contributed by atoms with van der Waals surface area (Å²) >= 11 is 0. The molecule has 5 heteroatoms. The Hall–Kier alpha value is -1.36. The molecule has 1 saturated heterocycles. The molecule has 0 amide bonds. The van der Waals surface area contributed by atoms with Gasteiger partial charge in [-0.1, -0.05) is 6.92 Å². The maximum atomic E-state index is 11.0. The molecule has 0 saturated carbocycles. The molecular formula is C12H19N3O2. The van der Waals surface area contributed by atoms with Crippen molar-refractivity contribution in [3.05, 3.63) is 18.2 Å². The van der Waals surface area contributed by atoms with E-state index in [-0.39, 0.29) is 11.8 Å². The van der Waals surface area contributed by atoms with Crippen LogP contribution in [0.1, 0.15) is 12.7 Å². The first-order valence-electron chi connectivity index (χ1n) is 5.99. The van der Waals surface area contributed by atoms with Gasteiger partial charge in [-0.3, -0.25) is 4.79 Å². The predicted molar refractivity (Wildman–Crippen MR) is 63.6 cm³/mol. The summed E-state index contributed by atoms with van der Waals surface area (Å²) in [7, 11) is 1.98. The lowest BCUT2D eigenvalue weighted by Crippen LogP contribution is -2.26. The van der Waals surface area contributed by atoms with Crippen molar-refractivity contribution in [1.82, 2.24) is 14.5 Å². The highest BCUT2D eigenvalue weighted by atomic mass is 16.4. The normalized spacial score (nSPS) is 25.3. The second-order valence-electron chi connectivity index (χ2n) is 4.89. The lowest BCUT2D eigenvalue weighted by Gasteiger charge is -2.14. The second-order valence-corrected chi connectivity index (χ2v) is 4.89. The van der Waals surface area contributed by atoms with Crippen molar-refractivity contribution in [3.63, 3.8) is 0 Å². The molecule has 2 heterocycles. The molecule has 5 nitrogen and oxygen atoms in total. The highest BCUT2D eigenvalue weighted by molar-refractivity contribution is 5.71. The van der Waals surface area contributed by atoms with Crippen LogP contribution in [-0.4, -0.2) is 45.2 Å². The van der Waals surface area contributed by atoms with Gasteiger partial charge in [0.05, 0.1) is 5.92 Å². The zero-order valence-corrected chi connectivity index (χ0v) is 10.3. The van der Waals surface area contributed by atoms with Gasteiger partial charge in [0.15, 0.2) is 0 Å². The number of carboxylic acid groups (broad SMARTS) is 1. The Labute approximate surface area is 101 Å². The van der Waals surface area contributed by atoms with E-state index >= 15 is 0 Å². The van der Waals surface area contributed by atoms with E-state index in [4.69, 9.17) is 5.11 Å². The van der Waals surface area contributed by atoms with Gasteiger partial charge in [0, 0.05) is 45.5 Å². The molecule has 0 radical (unpaired) electrons. The minimum atomic E-state index is -0.669. The van der Waals surface area contributed by atoms with E-state index in [0.717, 1.165) is 25.3 Å². The summed E-state index contributed by atoms with van der Waals surface area (Å²) in [5, 5.41) is 9.05. The zero-order valence-electron chi connectivity index (χ0n) is 10.3. The van der Waals surface area contributed by atoms with Gasteiger partial charge in [-0.05, 0) is 5.92 Å². The highest BCUT2D eigenvalue weighted by Crippen LogP contribution is 2.22. The van der Waals surface area contributed by atoms with Crippen molar-refractivity contribution in [2.45, 2.75) is 13.3 Å². The van der Waals surface area contributed by atoms with Crippen LogP contribution in [0.2, 0.25) is 0 Å². The SMILES string of the molecule is C[C@@H]1CN(CCc2nccn2C)C[C@H]1C(=O)O. The van der Waals surface area contributed by atoms with Gasteiger partial charge >= 0.3 is 5.97 Å². The minimum Gasteiger partial charge on any atom is -0.481 e. The molecule has 17 heavy (non-hydrogen) atoms. The number of aromatic nitrogens is 2. The minimum absolute atomic E-state index is 0.212. The highest BCUT2D eigenvalue weighted by Gasteiger charge is 2.34. The first-order valence-corrected chi connectivity index (χ1v) is 5.99. The fourth-order valence-corrected chi connectivity index (χ4v) is 2.47. The number of imidazole rings is 1. The molecule has 2 atom stereocenters. The molecule has 1 fully saturated rings. The summed E-state index contributed by atoms with van der Waals surface area (Å²) in [5.41, 5.74) is 0. The topological polar surface area (TPSA) is 58.4 Å². The molecule has 94 valence electrons. The van der Waals surface area contributed by atoms with Crippen LogP contribution in [0.3, 0.4) is 0 Å². The van der Waals surface area contributed by atoms with E-state index in [1.54, 1.807) is 6.20 Å². The van der Waals surface area contributed by atoms with Gasteiger partial charge in [-0.15, -0.1) is 0 Å². The maximum absolute atomic E-state index is 11.0. The summed E-state index contributed by atoms with van der Waals surface area (Å²) in [4.78, 5) is 17.5. The molecule has 1 aromatic rings. The molecule has 0 aromatic carbocycles. The summed E-state index contributed by atoms with van der Waals surface area (Å²) < 4.78 is 2.01. The van der Waals surface area contributed by atoms with Gasteiger partial charge in [0.2, 0.25) is 0 Å². The lowest BCUT2D eigenvalue weighted by atomic mass is 9.99.